The molecule has 0 heterocycles. The molecular weight excluding hydrogens is 1130 g/mol. The van der Waals surface area contributed by atoms with E-state index in [1.54, 1.807) is 0 Å². The first-order chi connectivity index (χ1) is 45.5. The molecule has 92 heavy (non-hydrogen) atoms. The van der Waals surface area contributed by atoms with Crippen molar-refractivity contribution in [2.75, 3.05) is 13.2 Å². The van der Waals surface area contributed by atoms with Crippen molar-refractivity contribution < 1.29 is 24.5 Å². The van der Waals surface area contributed by atoms with Crippen molar-refractivity contribution in [3.63, 3.8) is 0 Å². The van der Waals surface area contributed by atoms with Gasteiger partial charge in [0.25, 0.3) is 0 Å². The van der Waals surface area contributed by atoms with E-state index in [1.807, 2.05) is 0 Å². The molecule has 0 aromatic rings. The van der Waals surface area contributed by atoms with Gasteiger partial charge in [0.15, 0.2) is 0 Å². The maximum atomic E-state index is 12.6. The van der Waals surface area contributed by atoms with Gasteiger partial charge in [0.2, 0.25) is 5.91 Å². The number of esters is 1. The van der Waals surface area contributed by atoms with Crippen molar-refractivity contribution in [1.29, 1.82) is 0 Å². The van der Waals surface area contributed by atoms with E-state index in [2.05, 4.69) is 31.3 Å². The Kier molecular flexibility index (Phi) is 80.8. The lowest BCUT2D eigenvalue weighted by Crippen LogP contribution is -2.45. The fraction of sp³-hybridized carbons (Fsp3) is 0.953. The molecule has 6 heteroatoms. The Labute approximate surface area is 578 Å². The highest BCUT2D eigenvalue weighted by atomic mass is 16.5. The zero-order chi connectivity index (χ0) is 66.3. The van der Waals surface area contributed by atoms with Crippen LogP contribution in [0, 0.1) is 0 Å². The maximum Gasteiger partial charge on any atom is 0.305 e. The summed E-state index contributed by atoms with van der Waals surface area (Å²) in [5, 5.41) is 23.5. The fourth-order valence-electron chi connectivity index (χ4n) is 14.1. The van der Waals surface area contributed by atoms with Crippen molar-refractivity contribution >= 4 is 11.9 Å². The predicted octanol–water partition coefficient (Wildman–Crippen LogP) is 28.6. The van der Waals surface area contributed by atoms with E-state index in [-0.39, 0.29) is 18.5 Å². The lowest BCUT2D eigenvalue weighted by molar-refractivity contribution is -0.143. The SMILES string of the molecule is CCCCCCCCCCCCCCCCCCCCCCCCCCCC(O)C(CO)NC(=O)CCCCCCCCCCCCCCCCCCC/C=C\CCCCCCCCCCCCCCOC(=O)CCCCCCCCCCCCCCCCCCC. The van der Waals surface area contributed by atoms with Gasteiger partial charge < -0.3 is 20.3 Å². The molecular formula is C86H169NO5. The number of aliphatic hydroxyl groups is 2. The van der Waals surface area contributed by atoms with Crippen LogP contribution in [0.5, 0.6) is 0 Å². The number of carbonyl (C=O) groups is 2. The molecule has 0 rings (SSSR count). The highest BCUT2D eigenvalue weighted by Crippen LogP contribution is 2.21. The molecule has 0 bridgehead atoms. The summed E-state index contributed by atoms with van der Waals surface area (Å²) in [6.45, 7) is 5.02. The summed E-state index contributed by atoms with van der Waals surface area (Å²) in [5.74, 6) is -0.000888. The zero-order valence-electron chi connectivity index (χ0n) is 63.1. The second kappa shape index (κ2) is 82.0. The van der Waals surface area contributed by atoms with E-state index in [0.29, 0.717) is 25.9 Å². The first kappa shape index (κ1) is 90.6. The molecule has 0 spiro atoms. The molecule has 1 amide bonds. The molecule has 0 saturated carbocycles. The minimum absolute atomic E-state index is 0.0242. The highest BCUT2D eigenvalue weighted by Gasteiger charge is 2.20. The molecule has 0 aromatic carbocycles. The topological polar surface area (TPSA) is 95.9 Å². The van der Waals surface area contributed by atoms with Gasteiger partial charge in [-0.1, -0.05) is 450 Å². The first-order valence-electron chi connectivity index (χ1n) is 42.9. The van der Waals surface area contributed by atoms with Gasteiger partial charge in [-0.3, -0.25) is 9.59 Å². The number of amides is 1. The summed E-state index contributed by atoms with van der Waals surface area (Å²) in [4.78, 5) is 24.7. The van der Waals surface area contributed by atoms with Gasteiger partial charge in [-0.05, 0) is 51.4 Å². The van der Waals surface area contributed by atoms with Crippen LogP contribution in [0.4, 0.5) is 0 Å². The Bertz CT molecular complexity index is 1400. The average Bonchev–Trinajstić information content (AvgIpc) is 3.76. The summed E-state index contributed by atoms with van der Waals surface area (Å²) < 4.78 is 5.52. The molecule has 0 aromatic heterocycles. The molecule has 0 aliphatic heterocycles. The molecule has 0 aliphatic rings. The number of rotatable bonds is 82. The second-order valence-electron chi connectivity index (χ2n) is 29.9. The minimum atomic E-state index is -0.663. The molecule has 548 valence electrons. The Hall–Kier alpha value is -1.40. The summed E-state index contributed by atoms with van der Waals surface area (Å²) in [6, 6.07) is -0.540. The number of unbranched alkanes of at least 4 members (excludes halogenated alkanes) is 69. The Morgan fingerprint density at radius 3 is 0.772 bits per heavy atom. The van der Waals surface area contributed by atoms with E-state index in [1.165, 1.54) is 430 Å². The van der Waals surface area contributed by atoms with Gasteiger partial charge in [0, 0.05) is 12.8 Å². The summed E-state index contributed by atoms with van der Waals surface area (Å²) in [5.41, 5.74) is 0. The van der Waals surface area contributed by atoms with Crippen molar-refractivity contribution in [1.82, 2.24) is 5.32 Å². The fourth-order valence-corrected chi connectivity index (χ4v) is 14.1. The van der Waals surface area contributed by atoms with Gasteiger partial charge in [0.1, 0.15) is 0 Å². The van der Waals surface area contributed by atoms with Gasteiger partial charge in [-0.2, -0.15) is 0 Å². The number of aliphatic hydroxyl groups excluding tert-OH is 2. The number of ether oxygens (including phenoxy) is 1. The Balaban J connectivity index is 3.34. The van der Waals surface area contributed by atoms with E-state index in [4.69, 9.17) is 4.74 Å². The lowest BCUT2D eigenvalue weighted by atomic mass is 10.0. The second-order valence-corrected chi connectivity index (χ2v) is 29.9. The monoisotopic (exact) mass is 1300 g/mol. The summed E-state index contributed by atoms with van der Waals surface area (Å²) >= 11 is 0. The van der Waals surface area contributed by atoms with E-state index in [9.17, 15) is 19.8 Å². The number of carbonyl (C=O) groups excluding carboxylic acids is 2. The van der Waals surface area contributed by atoms with Crippen LogP contribution < -0.4 is 5.32 Å². The van der Waals surface area contributed by atoms with Crippen LogP contribution in [0.25, 0.3) is 0 Å². The van der Waals surface area contributed by atoms with Crippen LogP contribution in [0.15, 0.2) is 12.2 Å². The third-order valence-corrected chi connectivity index (χ3v) is 20.6. The van der Waals surface area contributed by atoms with Crippen LogP contribution in [-0.4, -0.2) is 47.4 Å². The van der Waals surface area contributed by atoms with Crippen molar-refractivity contribution in [2.45, 2.75) is 514 Å². The first-order valence-corrected chi connectivity index (χ1v) is 42.9. The van der Waals surface area contributed by atoms with Gasteiger partial charge >= 0.3 is 5.97 Å². The van der Waals surface area contributed by atoms with Crippen molar-refractivity contribution in [3.8, 4) is 0 Å². The highest BCUT2D eigenvalue weighted by molar-refractivity contribution is 5.76. The van der Waals surface area contributed by atoms with Crippen LogP contribution in [0.3, 0.4) is 0 Å². The van der Waals surface area contributed by atoms with Crippen LogP contribution in [0.2, 0.25) is 0 Å². The van der Waals surface area contributed by atoms with Crippen molar-refractivity contribution in [2.24, 2.45) is 0 Å². The van der Waals surface area contributed by atoms with E-state index in [0.717, 1.165) is 38.5 Å². The lowest BCUT2D eigenvalue weighted by Gasteiger charge is -2.22. The molecule has 2 unspecified atom stereocenters. The normalized spacial score (nSPS) is 12.4. The smallest absolute Gasteiger partial charge is 0.305 e. The number of hydrogen-bond acceptors (Lipinski definition) is 5. The molecule has 2 atom stereocenters. The van der Waals surface area contributed by atoms with E-state index < -0.39 is 12.1 Å². The molecule has 0 aliphatic carbocycles. The summed E-state index contributed by atoms with van der Waals surface area (Å²) in [6.07, 6.45) is 105. The summed E-state index contributed by atoms with van der Waals surface area (Å²) in [7, 11) is 0. The van der Waals surface area contributed by atoms with Crippen LogP contribution in [0.1, 0.15) is 502 Å². The molecule has 0 radical (unpaired) electrons. The van der Waals surface area contributed by atoms with Crippen LogP contribution in [-0.2, 0) is 14.3 Å². The third-order valence-electron chi connectivity index (χ3n) is 20.6. The Morgan fingerprint density at radius 2 is 0.511 bits per heavy atom. The predicted molar refractivity (Wildman–Crippen MR) is 407 cm³/mol. The number of hydrogen-bond donors (Lipinski definition) is 3. The largest absolute Gasteiger partial charge is 0.466 e. The van der Waals surface area contributed by atoms with Gasteiger partial charge in [0.05, 0.1) is 25.4 Å². The minimum Gasteiger partial charge on any atom is -0.466 e. The van der Waals surface area contributed by atoms with Crippen LogP contribution >= 0.6 is 0 Å². The molecule has 6 nitrogen and oxygen atoms in total. The Morgan fingerprint density at radius 1 is 0.293 bits per heavy atom. The molecule has 0 fully saturated rings. The molecule has 0 saturated heterocycles. The van der Waals surface area contributed by atoms with E-state index >= 15 is 0 Å². The number of allylic oxidation sites excluding steroid dienone is 2. The van der Waals surface area contributed by atoms with Gasteiger partial charge in [-0.25, -0.2) is 0 Å². The number of nitrogens with one attached hydrogen (secondary N) is 1. The average molecular weight is 1300 g/mol. The molecule has 3 N–H and O–H groups in total. The zero-order valence-corrected chi connectivity index (χ0v) is 63.1. The quantitative estimate of drug-likeness (QED) is 0.0320. The standard InChI is InChI=1S/C86H169NO5/c1-3-5-7-9-11-13-15-17-19-21-22-23-24-34-37-40-43-47-50-54-58-62-66-70-74-78-84(89)83(82-88)87-85(90)79-75-71-67-63-59-55-51-48-44-41-38-35-32-30-28-26-25-27-29-31-33-36-39-42-45-49-53-57-61-65-69-73-77-81-92-86(91)80-76-72-68-64-60-56-52-46-20-18-16-14-12-10-8-6-4-2/h29,31,83-84,88-89H,3-28,30,32-82H2,1-2H3,(H,87,90)/b31-29-. The van der Waals surface area contributed by atoms with Gasteiger partial charge in [-0.15, -0.1) is 0 Å². The third kappa shape index (κ3) is 77.6. The maximum absolute atomic E-state index is 12.6. The van der Waals surface area contributed by atoms with Crippen molar-refractivity contribution in [3.05, 3.63) is 12.2 Å².